The van der Waals surface area contributed by atoms with Gasteiger partial charge in [0.05, 0.1) is 18.1 Å². The highest BCUT2D eigenvalue weighted by molar-refractivity contribution is 8.14. The van der Waals surface area contributed by atoms with E-state index in [-0.39, 0.29) is 11.0 Å². The fraction of sp³-hybridized carbons (Fsp3) is 0.0455. The summed E-state index contributed by atoms with van der Waals surface area (Å²) in [6.45, 7) is 0. The molecule has 0 amide bonds. The Bertz CT molecular complexity index is 1150. The van der Waals surface area contributed by atoms with Crippen LogP contribution in [-0.2, 0) is 0 Å². The smallest absolute Gasteiger partial charge is 0.264 e. The van der Waals surface area contributed by atoms with E-state index in [4.69, 9.17) is 4.74 Å². The Morgan fingerprint density at radius 2 is 1.54 bits per heavy atom. The Hall–Kier alpha value is -3.38. The molecule has 0 aliphatic heterocycles. The largest absolute Gasteiger partial charge is 0.497 e. The van der Waals surface area contributed by atoms with Gasteiger partial charge in [-0.3, -0.25) is 14.2 Å². The molecular weight excluding hydrogens is 372 g/mol. The molecule has 0 saturated heterocycles. The zero-order chi connectivity index (χ0) is 19.5. The van der Waals surface area contributed by atoms with E-state index in [1.807, 2.05) is 12.1 Å². The van der Waals surface area contributed by atoms with Gasteiger partial charge in [0, 0.05) is 17.2 Å². The maximum Gasteiger partial charge on any atom is 0.264 e. The summed E-state index contributed by atoms with van der Waals surface area (Å²) in [5, 5.41) is 0.149. The standard InChI is InChI=1S/C22H16N2O3S/c1-27-17-12-13-18-19(14-17)24(20(25)15-8-4-2-5-9-15)22(23-18)28-21(26)16-10-6-3-7-11-16/h2-14H,1H3. The second-order valence-corrected chi connectivity index (χ2v) is 6.95. The number of imidazole rings is 1. The van der Waals surface area contributed by atoms with Crippen LogP contribution in [0.1, 0.15) is 20.7 Å². The number of hydrogen-bond acceptors (Lipinski definition) is 5. The SMILES string of the molecule is COc1ccc2nc(SC(=O)c3ccccc3)n(C(=O)c3ccccc3)c2c1. The molecule has 0 aliphatic carbocycles. The highest BCUT2D eigenvalue weighted by Crippen LogP contribution is 2.30. The molecule has 5 nitrogen and oxygen atoms in total. The number of hydrogen-bond donors (Lipinski definition) is 0. The lowest BCUT2D eigenvalue weighted by Crippen LogP contribution is -2.13. The highest BCUT2D eigenvalue weighted by Gasteiger charge is 2.22. The lowest BCUT2D eigenvalue weighted by atomic mass is 10.2. The third-order valence-electron chi connectivity index (χ3n) is 4.25. The van der Waals surface area contributed by atoms with Gasteiger partial charge < -0.3 is 4.74 Å². The van der Waals surface area contributed by atoms with Gasteiger partial charge in [-0.1, -0.05) is 48.5 Å². The Morgan fingerprint density at radius 1 is 0.893 bits per heavy atom. The average molecular weight is 388 g/mol. The van der Waals surface area contributed by atoms with E-state index in [0.29, 0.717) is 33.1 Å². The summed E-state index contributed by atoms with van der Waals surface area (Å²) in [4.78, 5) is 30.4. The van der Waals surface area contributed by atoms with Gasteiger partial charge in [-0.25, -0.2) is 4.98 Å². The van der Waals surface area contributed by atoms with Crippen molar-refractivity contribution in [1.29, 1.82) is 0 Å². The van der Waals surface area contributed by atoms with E-state index >= 15 is 0 Å². The summed E-state index contributed by atoms with van der Waals surface area (Å²) >= 11 is 0.937. The molecule has 0 N–H and O–H groups in total. The van der Waals surface area contributed by atoms with Crippen LogP contribution in [0.2, 0.25) is 0 Å². The third kappa shape index (κ3) is 3.42. The summed E-state index contributed by atoms with van der Waals surface area (Å²) in [6.07, 6.45) is 0. The van der Waals surface area contributed by atoms with E-state index in [0.717, 1.165) is 11.8 Å². The van der Waals surface area contributed by atoms with Crippen molar-refractivity contribution in [1.82, 2.24) is 9.55 Å². The molecule has 0 aliphatic rings. The Morgan fingerprint density at radius 3 is 2.18 bits per heavy atom. The summed E-state index contributed by atoms with van der Waals surface area (Å²) in [7, 11) is 1.56. The molecule has 0 radical (unpaired) electrons. The van der Waals surface area contributed by atoms with Gasteiger partial charge in [0.25, 0.3) is 5.91 Å². The van der Waals surface area contributed by atoms with Crippen molar-refractivity contribution in [2.24, 2.45) is 0 Å². The summed E-state index contributed by atoms with van der Waals surface area (Å²) in [5.74, 6) is 0.361. The molecule has 1 aromatic heterocycles. The number of nitrogens with zero attached hydrogens (tertiary/aromatic N) is 2. The van der Waals surface area contributed by atoms with Crippen molar-refractivity contribution in [3.63, 3.8) is 0 Å². The molecule has 0 unspecified atom stereocenters. The number of fused-ring (bicyclic) bond motifs is 1. The maximum atomic E-state index is 13.2. The van der Waals surface area contributed by atoms with E-state index in [9.17, 15) is 9.59 Å². The van der Waals surface area contributed by atoms with Crippen molar-refractivity contribution in [3.05, 3.63) is 90.0 Å². The fourth-order valence-electron chi connectivity index (χ4n) is 2.85. The number of rotatable bonds is 4. The molecule has 4 rings (SSSR count). The first kappa shape index (κ1) is 18.0. The van der Waals surface area contributed by atoms with Crippen LogP contribution < -0.4 is 4.74 Å². The molecule has 3 aromatic carbocycles. The zero-order valence-corrected chi connectivity index (χ0v) is 15.8. The summed E-state index contributed by atoms with van der Waals surface area (Å²) in [6, 6.07) is 23.2. The predicted octanol–water partition coefficient (Wildman–Crippen LogP) is 4.67. The van der Waals surface area contributed by atoms with Gasteiger partial charge >= 0.3 is 0 Å². The van der Waals surface area contributed by atoms with Gasteiger partial charge in [0.2, 0.25) is 5.12 Å². The van der Waals surface area contributed by atoms with E-state index in [2.05, 4.69) is 4.98 Å². The number of carbonyl (C=O) groups excluding carboxylic acids is 2. The minimum Gasteiger partial charge on any atom is -0.497 e. The summed E-state index contributed by atoms with van der Waals surface area (Å²) in [5.41, 5.74) is 2.28. The van der Waals surface area contributed by atoms with Crippen molar-refractivity contribution >= 4 is 33.8 Å². The topological polar surface area (TPSA) is 61.2 Å². The molecule has 1 heterocycles. The Kier molecular flexibility index (Phi) is 4.95. The molecule has 6 heteroatoms. The number of thioether (sulfide) groups is 1. The first-order valence-electron chi connectivity index (χ1n) is 8.61. The van der Waals surface area contributed by atoms with Crippen LogP contribution in [-0.4, -0.2) is 27.7 Å². The Labute approximate surface area is 166 Å². The monoisotopic (exact) mass is 388 g/mol. The van der Waals surface area contributed by atoms with Gasteiger partial charge in [-0.05, 0) is 36.0 Å². The molecule has 0 saturated carbocycles. The van der Waals surface area contributed by atoms with Gasteiger partial charge in [-0.15, -0.1) is 0 Å². The number of methoxy groups -OCH3 is 1. The number of benzene rings is 3. The minimum atomic E-state index is -0.250. The van der Waals surface area contributed by atoms with Crippen LogP contribution in [0.3, 0.4) is 0 Å². The summed E-state index contributed by atoms with van der Waals surface area (Å²) < 4.78 is 6.77. The van der Waals surface area contributed by atoms with Crippen molar-refractivity contribution < 1.29 is 14.3 Å². The molecule has 28 heavy (non-hydrogen) atoms. The van der Waals surface area contributed by atoms with Crippen LogP contribution >= 0.6 is 11.8 Å². The first-order chi connectivity index (χ1) is 13.7. The third-order valence-corrected chi connectivity index (χ3v) is 5.13. The van der Waals surface area contributed by atoms with Crippen LogP contribution in [0.5, 0.6) is 5.75 Å². The van der Waals surface area contributed by atoms with E-state index in [1.54, 1.807) is 73.8 Å². The number of aromatic nitrogens is 2. The molecular formula is C22H16N2O3S. The van der Waals surface area contributed by atoms with Crippen molar-refractivity contribution in [2.45, 2.75) is 5.16 Å². The second kappa shape index (κ2) is 7.70. The average Bonchev–Trinajstić information content (AvgIpc) is 3.11. The number of ether oxygens (including phenoxy) is 1. The molecule has 0 spiro atoms. The van der Waals surface area contributed by atoms with Crippen LogP contribution in [0.4, 0.5) is 0 Å². The first-order valence-corrected chi connectivity index (χ1v) is 9.42. The minimum absolute atomic E-state index is 0.176. The van der Waals surface area contributed by atoms with Crippen LogP contribution in [0.15, 0.2) is 84.0 Å². The van der Waals surface area contributed by atoms with Crippen molar-refractivity contribution in [3.8, 4) is 5.75 Å². The lowest BCUT2D eigenvalue weighted by molar-refractivity contribution is 0.0955. The highest BCUT2D eigenvalue weighted by atomic mass is 32.2. The molecule has 0 atom stereocenters. The molecule has 0 bridgehead atoms. The van der Waals surface area contributed by atoms with E-state index < -0.39 is 0 Å². The second-order valence-electron chi connectivity index (χ2n) is 6.01. The van der Waals surface area contributed by atoms with Crippen LogP contribution in [0.25, 0.3) is 11.0 Å². The normalized spacial score (nSPS) is 10.8. The predicted molar refractivity (Wildman–Crippen MR) is 109 cm³/mol. The van der Waals surface area contributed by atoms with E-state index in [1.165, 1.54) is 4.57 Å². The van der Waals surface area contributed by atoms with Gasteiger partial charge in [0.15, 0.2) is 5.16 Å². The lowest BCUT2D eigenvalue weighted by Gasteiger charge is -2.08. The Balaban J connectivity index is 1.83. The quantitative estimate of drug-likeness (QED) is 0.476. The molecule has 4 aromatic rings. The molecule has 138 valence electrons. The zero-order valence-electron chi connectivity index (χ0n) is 15.0. The maximum absolute atomic E-state index is 13.2. The van der Waals surface area contributed by atoms with Crippen molar-refractivity contribution in [2.75, 3.05) is 7.11 Å². The number of carbonyl (C=O) groups is 2. The fourth-order valence-corrected chi connectivity index (χ4v) is 3.69. The van der Waals surface area contributed by atoms with Gasteiger partial charge in [-0.2, -0.15) is 0 Å². The van der Waals surface area contributed by atoms with Crippen LogP contribution in [0, 0.1) is 0 Å². The molecule has 0 fully saturated rings. The van der Waals surface area contributed by atoms with Gasteiger partial charge in [0.1, 0.15) is 5.75 Å².